The molecule has 1 aromatic carbocycles. The van der Waals surface area contributed by atoms with Crippen LogP contribution in [0.2, 0.25) is 0 Å². The predicted octanol–water partition coefficient (Wildman–Crippen LogP) is 1.31. The fourth-order valence-corrected chi connectivity index (χ4v) is 1.51. The highest BCUT2D eigenvalue weighted by molar-refractivity contribution is 5.91. The lowest BCUT2D eigenvalue weighted by Crippen LogP contribution is -2.07. The number of rotatable bonds is 3. The summed E-state index contributed by atoms with van der Waals surface area (Å²) in [6, 6.07) is 4.89. The number of carbonyl (C=O) groups is 1. The van der Waals surface area contributed by atoms with Gasteiger partial charge in [0.05, 0.1) is 23.8 Å². The van der Waals surface area contributed by atoms with E-state index in [1.165, 1.54) is 6.07 Å². The summed E-state index contributed by atoms with van der Waals surface area (Å²) in [6.45, 7) is 1.44. The fourth-order valence-electron chi connectivity index (χ4n) is 1.51. The Bertz CT molecular complexity index is 407. The number of nitrogens with zero attached hydrogens (tertiary/aromatic N) is 1. The molecule has 1 aromatic rings. The quantitative estimate of drug-likeness (QED) is 0.779. The van der Waals surface area contributed by atoms with Crippen LogP contribution >= 0.6 is 0 Å². The van der Waals surface area contributed by atoms with Gasteiger partial charge >= 0.3 is 5.97 Å². The molecule has 0 fully saturated rings. The Balaban J connectivity index is 3.48. The van der Waals surface area contributed by atoms with E-state index in [1.807, 2.05) is 13.0 Å². The van der Waals surface area contributed by atoms with Crippen molar-refractivity contribution in [3.63, 3.8) is 0 Å². The van der Waals surface area contributed by atoms with Gasteiger partial charge in [0.2, 0.25) is 0 Å². The van der Waals surface area contributed by atoms with Crippen LogP contribution in [-0.2, 0) is 13.0 Å². The lowest BCUT2D eigenvalue weighted by molar-refractivity contribution is 0.0692. The molecule has 0 atom stereocenters. The van der Waals surface area contributed by atoms with Gasteiger partial charge in [0.25, 0.3) is 0 Å². The number of nitriles is 1. The molecule has 78 valence electrons. The van der Waals surface area contributed by atoms with Crippen molar-refractivity contribution in [3.05, 3.63) is 34.4 Å². The summed E-state index contributed by atoms with van der Waals surface area (Å²) in [4.78, 5) is 11.0. The zero-order valence-corrected chi connectivity index (χ0v) is 8.32. The third-order valence-electron chi connectivity index (χ3n) is 2.20. The first-order valence-electron chi connectivity index (χ1n) is 4.54. The molecule has 15 heavy (non-hydrogen) atoms. The Morgan fingerprint density at radius 3 is 2.47 bits per heavy atom. The average molecular weight is 205 g/mol. The van der Waals surface area contributed by atoms with Crippen LogP contribution in [-0.4, -0.2) is 16.2 Å². The van der Waals surface area contributed by atoms with E-state index in [2.05, 4.69) is 0 Å². The van der Waals surface area contributed by atoms with E-state index in [-0.39, 0.29) is 12.2 Å². The highest BCUT2D eigenvalue weighted by Crippen LogP contribution is 2.18. The number of hydrogen-bond donors (Lipinski definition) is 2. The van der Waals surface area contributed by atoms with Crippen molar-refractivity contribution >= 4 is 5.97 Å². The maximum absolute atomic E-state index is 11.0. The third kappa shape index (κ3) is 2.14. The largest absolute Gasteiger partial charge is 0.478 e. The molecule has 0 radical (unpaired) electrons. The van der Waals surface area contributed by atoms with E-state index in [0.29, 0.717) is 23.1 Å². The number of aliphatic hydroxyl groups is 1. The van der Waals surface area contributed by atoms with Crippen molar-refractivity contribution in [3.8, 4) is 6.07 Å². The lowest BCUT2D eigenvalue weighted by Gasteiger charge is -2.09. The normalized spacial score (nSPS) is 9.67. The Morgan fingerprint density at radius 2 is 2.07 bits per heavy atom. The van der Waals surface area contributed by atoms with Gasteiger partial charge in [-0.3, -0.25) is 0 Å². The van der Waals surface area contributed by atoms with E-state index in [1.54, 1.807) is 6.07 Å². The molecule has 0 heterocycles. The van der Waals surface area contributed by atoms with Crippen molar-refractivity contribution in [1.82, 2.24) is 0 Å². The molecule has 0 saturated carbocycles. The van der Waals surface area contributed by atoms with Crippen molar-refractivity contribution in [2.75, 3.05) is 0 Å². The zero-order valence-electron chi connectivity index (χ0n) is 8.32. The molecule has 1 rings (SSSR count). The summed E-state index contributed by atoms with van der Waals surface area (Å²) in [6.07, 6.45) is 0.518. The second-order valence-electron chi connectivity index (χ2n) is 3.10. The van der Waals surface area contributed by atoms with Gasteiger partial charge in [0.1, 0.15) is 0 Å². The molecule has 0 aliphatic rings. The minimum absolute atomic E-state index is 0.110. The van der Waals surface area contributed by atoms with Crippen LogP contribution in [0.4, 0.5) is 0 Å². The molecule has 0 spiro atoms. The predicted molar refractivity (Wildman–Crippen MR) is 53.4 cm³/mol. The van der Waals surface area contributed by atoms with E-state index in [9.17, 15) is 4.79 Å². The SMILES string of the molecule is CCc1cc(C#N)cc(CO)c1C(=O)O. The molecular weight excluding hydrogens is 194 g/mol. The van der Waals surface area contributed by atoms with Crippen LogP contribution in [0.5, 0.6) is 0 Å². The van der Waals surface area contributed by atoms with Crippen LogP contribution in [0.3, 0.4) is 0 Å². The Hall–Kier alpha value is -1.86. The molecule has 2 N–H and O–H groups in total. The molecule has 0 amide bonds. The summed E-state index contributed by atoms with van der Waals surface area (Å²) in [5.74, 6) is -1.07. The second-order valence-corrected chi connectivity index (χ2v) is 3.10. The summed E-state index contributed by atoms with van der Waals surface area (Å²) in [5, 5.41) is 26.7. The van der Waals surface area contributed by atoms with Gasteiger partial charge < -0.3 is 10.2 Å². The molecule has 0 saturated heterocycles. The summed E-state index contributed by atoms with van der Waals surface area (Å²) in [7, 11) is 0. The Morgan fingerprint density at radius 1 is 1.47 bits per heavy atom. The lowest BCUT2D eigenvalue weighted by atomic mass is 9.96. The monoisotopic (exact) mass is 205 g/mol. The molecular formula is C11H11NO3. The summed E-state index contributed by atoms with van der Waals surface area (Å²) < 4.78 is 0. The van der Waals surface area contributed by atoms with Crippen LogP contribution in [0.1, 0.15) is 34.0 Å². The topological polar surface area (TPSA) is 81.3 Å². The highest BCUT2D eigenvalue weighted by Gasteiger charge is 2.15. The van der Waals surface area contributed by atoms with Gasteiger partial charge in [0, 0.05) is 0 Å². The first-order chi connectivity index (χ1) is 7.13. The van der Waals surface area contributed by atoms with E-state index in [0.717, 1.165) is 0 Å². The van der Waals surface area contributed by atoms with Crippen LogP contribution in [0.15, 0.2) is 12.1 Å². The van der Waals surface area contributed by atoms with Crippen LogP contribution in [0, 0.1) is 11.3 Å². The molecule has 0 unspecified atom stereocenters. The van der Waals surface area contributed by atoms with Gasteiger partial charge in [-0.05, 0) is 29.7 Å². The number of carboxylic acid groups (broad SMARTS) is 1. The fraction of sp³-hybridized carbons (Fsp3) is 0.273. The maximum Gasteiger partial charge on any atom is 0.336 e. The van der Waals surface area contributed by atoms with E-state index >= 15 is 0 Å². The van der Waals surface area contributed by atoms with Crippen LogP contribution < -0.4 is 0 Å². The minimum Gasteiger partial charge on any atom is -0.478 e. The van der Waals surface area contributed by atoms with Gasteiger partial charge in [-0.2, -0.15) is 5.26 Å². The number of aryl methyl sites for hydroxylation is 1. The molecule has 0 aliphatic carbocycles. The second kappa shape index (κ2) is 4.58. The Kier molecular flexibility index (Phi) is 3.42. The molecule has 0 aliphatic heterocycles. The number of aliphatic hydroxyl groups excluding tert-OH is 1. The molecule has 0 bridgehead atoms. The van der Waals surface area contributed by atoms with E-state index in [4.69, 9.17) is 15.5 Å². The van der Waals surface area contributed by atoms with Crippen molar-refractivity contribution in [1.29, 1.82) is 5.26 Å². The summed E-state index contributed by atoms with van der Waals surface area (Å²) in [5.41, 5.74) is 1.35. The first kappa shape index (κ1) is 11.2. The molecule has 4 nitrogen and oxygen atoms in total. The number of aromatic carboxylic acids is 1. The highest BCUT2D eigenvalue weighted by atomic mass is 16.4. The molecule has 4 heteroatoms. The Labute approximate surface area is 87.4 Å². The minimum atomic E-state index is -1.07. The van der Waals surface area contributed by atoms with Gasteiger partial charge in [-0.25, -0.2) is 4.79 Å². The van der Waals surface area contributed by atoms with Crippen molar-refractivity contribution < 1.29 is 15.0 Å². The zero-order chi connectivity index (χ0) is 11.4. The summed E-state index contributed by atoms with van der Waals surface area (Å²) >= 11 is 0. The van der Waals surface area contributed by atoms with Crippen molar-refractivity contribution in [2.45, 2.75) is 20.0 Å². The van der Waals surface area contributed by atoms with Crippen molar-refractivity contribution in [2.24, 2.45) is 0 Å². The van der Waals surface area contributed by atoms with Gasteiger partial charge in [-0.1, -0.05) is 6.92 Å². The third-order valence-corrected chi connectivity index (χ3v) is 2.20. The smallest absolute Gasteiger partial charge is 0.336 e. The number of hydrogen-bond acceptors (Lipinski definition) is 3. The average Bonchev–Trinajstić information content (AvgIpc) is 2.26. The standard InChI is InChI=1S/C11H11NO3/c1-2-8-3-7(5-12)4-9(6-13)10(8)11(14)15/h3-4,13H,2,6H2,1H3,(H,14,15). The number of carboxylic acids is 1. The number of benzene rings is 1. The van der Waals surface area contributed by atoms with Crippen LogP contribution in [0.25, 0.3) is 0 Å². The molecule has 0 aromatic heterocycles. The first-order valence-corrected chi connectivity index (χ1v) is 4.54. The van der Waals surface area contributed by atoms with Gasteiger partial charge in [0.15, 0.2) is 0 Å². The van der Waals surface area contributed by atoms with Gasteiger partial charge in [-0.15, -0.1) is 0 Å². The van der Waals surface area contributed by atoms with E-state index < -0.39 is 5.97 Å². The maximum atomic E-state index is 11.0.